The Labute approximate surface area is 271 Å². The van der Waals surface area contributed by atoms with Crippen LogP contribution in [0.25, 0.3) is 0 Å². The Hall–Kier alpha value is -2.14. The molecule has 5 heteroatoms. The van der Waals surface area contributed by atoms with E-state index >= 15 is 0 Å². The smallest absolute Gasteiger partial charge is 0.328 e. The highest BCUT2D eigenvalue weighted by Crippen LogP contribution is 2.15. The van der Waals surface area contributed by atoms with Crippen molar-refractivity contribution in [2.45, 2.75) is 173 Å². The third-order valence-corrected chi connectivity index (χ3v) is 8.62. The molecule has 1 unspecified atom stereocenters. The van der Waals surface area contributed by atoms with Crippen LogP contribution in [0.5, 0.6) is 0 Å². The summed E-state index contributed by atoms with van der Waals surface area (Å²) in [5.41, 5.74) is 0.969. The Morgan fingerprint density at radius 2 is 1.14 bits per heavy atom. The molecule has 5 nitrogen and oxygen atoms in total. The maximum absolute atomic E-state index is 12.6. The Balaban J connectivity index is 1.97. The van der Waals surface area contributed by atoms with Gasteiger partial charge in [0.05, 0.1) is 19.6 Å². The van der Waals surface area contributed by atoms with Gasteiger partial charge in [0.25, 0.3) is 0 Å². The van der Waals surface area contributed by atoms with Crippen molar-refractivity contribution >= 4 is 11.9 Å². The minimum absolute atomic E-state index is 0.175. The molecule has 1 aromatic rings. The first-order chi connectivity index (χ1) is 21.6. The maximum Gasteiger partial charge on any atom is 0.328 e. The van der Waals surface area contributed by atoms with Crippen LogP contribution in [0.3, 0.4) is 0 Å². The van der Waals surface area contributed by atoms with Gasteiger partial charge in [-0.3, -0.25) is 4.79 Å². The predicted octanol–water partition coefficient (Wildman–Crippen LogP) is 10.5. The number of carbonyl (C=O) groups excluding carboxylic acids is 2. The molecule has 1 aromatic carbocycles. The summed E-state index contributed by atoms with van der Waals surface area (Å²) >= 11 is 0. The normalized spacial score (nSPS) is 12.8. The van der Waals surface area contributed by atoms with E-state index in [2.05, 4.69) is 18.3 Å². The molecule has 0 aliphatic rings. The van der Waals surface area contributed by atoms with Crippen molar-refractivity contribution < 1.29 is 19.1 Å². The Bertz CT molecular complexity index is 825. The molecule has 1 N–H and O–H groups in total. The zero-order valence-electron chi connectivity index (χ0n) is 28.8. The van der Waals surface area contributed by atoms with Crippen LogP contribution in [0.2, 0.25) is 0 Å². The van der Waals surface area contributed by atoms with Gasteiger partial charge in [-0.1, -0.05) is 178 Å². The molecule has 44 heavy (non-hydrogen) atoms. The summed E-state index contributed by atoms with van der Waals surface area (Å²) in [6.07, 6.45) is 34.6. The average Bonchev–Trinajstić information content (AvgIpc) is 3.04. The van der Waals surface area contributed by atoms with E-state index in [1.807, 2.05) is 36.4 Å². The number of nitrogens with one attached hydrogen (secondary N) is 1. The van der Waals surface area contributed by atoms with E-state index in [1.165, 1.54) is 142 Å². The third kappa shape index (κ3) is 23.3. The number of hydrogen-bond donors (Lipinski definition) is 1. The Kier molecular flexibility index (Phi) is 26.8. The molecule has 0 aromatic heterocycles. The van der Waals surface area contributed by atoms with Crippen LogP contribution in [-0.2, 0) is 25.5 Å². The van der Waals surface area contributed by atoms with E-state index in [0.717, 1.165) is 12.0 Å². The topological polar surface area (TPSA) is 64.6 Å². The summed E-state index contributed by atoms with van der Waals surface area (Å²) in [5.74, 6) is -0.663. The van der Waals surface area contributed by atoms with Crippen LogP contribution in [0.4, 0.5) is 0 Å². The van der Waals surface area contributed by atoms with Gasteiger partial charge < -0.3 is 14.8 Å². The molecule has 1 rings (SSSR count). The zero-order valence-corrected chi connectivity index (χ0v) is 28.8. The molecular formula is C39H67NO4. The van der Waals surface area contributed by atoms with Gasteiger partial charge in [-0.25, -0.2) is 4.79 Å². The number of amides is 1. The molecule has 0 heterocycles. The van der Waals surface area contributed by atoms with Gasteiger partial charge in [-0.05, 0) is 18.4 Å². The summed E-state index contributed by atoms with van der Waals surface area (Å²) in [6.45, 7) is 2.29. The number of unbranched alkanes of at least 4 members (excludes halogenated alkanes) is 21. The molecular weight excluding hydrogens is 546 g/mol. The van der Waals surface area contributed by atoms with E-state index in [1.54, 1.807) is 7.11 Å². The highest BCUT2D eigenvalue weighted by molar-refractivity contribution is 5.85. The Morgan fingerprint density at radius 3 is 1.57 bits per heavy atom. The molecule has 0 aliphatic carbocycles. The standard InChI is InChI=1S/C39H67NO4/c1-4-5-6-7-8-9-10-11-12-13-14-15-16-17-18-19-20-21-22-23-24-25-29-32-36(43-2)34-38(41)40-37(39(42)44-3)33-35-30-27-26-28-31-35/h26-32,36-37H,4-25,33-34H2,1-3H3,(H,40,41)/b32-29+/t36?,37-/m0/s1. The summed E-state index contributed by atoms with van der Waals surface area (Å²) in [7, 11) is 2.96. The van der Waals surface area contributed by atoms with Gasteiger partial charge in [0, 0.05) is 13.5 Å². The van der Waals surface area contributed by atoms with E-state index in [0.29, 0.717) is 6.42 Å². The average molecular weight is 614 g/mol. The summed E-state index contributed by atoms with van der Waals surface area (Å²) in [6, 6.07) is 8.91. The van der Waals surface area contributed by atoms with E-state index in [9.17, 15) is 9.59 Å². The Morgan fingerprint density at radius 1 is 0.682 bits per heavy atom. The monoisotopic (exact) mass is 614 g/mol. The summed E-state index contributed by atoms with van der Waals surface area (Å²) < 4.78 is 10.4. The second kappa shape index (κ2) is 29.6. The third-order valence-electron chi connectivity index (χ3n) is 8.62. The maximum atomic E-state index is 12.6. The molecule has 2 atom stereocenters. The SMILES string of the molecule is CCCCCCCCCCCCCCCCCCCCCCC/C=C/C(CC(=O)N[C@@H](Cc1ccccc1)C(=O)OC)OC. The molecule has 0 bridgehead atoms. The first-order valence-corrected chi connectivity index (χ1v) is 18.2. The van der Waals surface area contributed by atoms with E-state index < -0.39 is 12.0 Å². The number of methoxy groups -OCH3 is 2. The van der Waals surface area contributed by atoms with Crippen molar-refractivity contribution in [3.05, 3.63) is 48.0 Å². The van der Waals surface area contributed by atoms with Crippen LogP contribution in [0.1, 0.15) is 160 Å². The lowest BCUT2D eigenvalue weighted by Gasteiger charge is -2.18. The number of ether oxygens (including phenoxy) is 2. The number of rotatable bonds is 30. The molecule has 0 radical (unpaired) electrons. The van der Waals surface area contributed by atoms with Crippen molar-refractivity contribution in [3.8, 4) is 0 Å². The fourth-order valence-electron chi connectivity index (χ4n) is 5.79. The zero-order chi connectivity index (χ0) is 31.9. The molecule has 0 saturated carbocycles. The van der Waals surface area contributed by atoms with Crippen molar-refractivity contribution in [1.82, 2.24) is 5.32 Å². The lowest BCUT2D eigenvalue weighted by molar-refractivity contribution is -0.145. The lowest BCUT2D eigenvalue weighted by Crippen LogP contribution is -2.44. The van der Waals surface area contributed by atoms with Crippen LogP contribution in [0, 0.1) is 0 Å². The molecule has 0 saturated heterocycles. The largest absolute Gasteiger partial charge is 0.467 e. The van der Waals surface area contributed by atoms with Gasteiger partial charge in [0.2, 0.25) is 5.91 Å². The van der Waals surface area contributed by atoms with Crippen molar-refractivity contribution in [1.29, 1.82) is 0 Å². The highest BCUT2D eigenvalue weighted by Gasteiger charge is 2.23. The fraction of sp³-hybridized carbons (Fsp3) is 0.744. The fourth-order valence-corrected chi connectivity index (χ4v) is 5.79. The number of esters is 1. The van der Waals surface area contributed by atoms with Gasteiger partial charge in [-0.2, -0.15) is 0 Å². The van der Waals surface area contributed by atoms with E-state index in [4.69, 9.17) is 9.47 Å². The van der Waals surface area contributed by atoms with Gasteiger partial charge in [-0.15, -0.1) is 0 Å². The van der Waals surface area contributed by atoms with Crippen LogP contribution in [0.15, 0.2) is 42.5 Å². The minimum Gasteiger partial charge on any atom is -0.467 e. The number of benzene rings is 1. The predicted molar refractivity (Wildman–Crippen MR) is 186 cm³/mol. The van der Waals surface area contributed by atoms with Gasteiger partial charge in [0.15, 0.2) is 0 Å². The van der Waals surface area contributed by atoms with Gasteiger partial charge in [0.1, 0.15) is 6.04 Å². The number of hydrogen-bond acceptors (Lipinski definition) is 4. The summed E-state index contributed by atoms with van der Waals surface area (Å²) in [5, 5.41) is 2.82. The molecule has 0 fully saturated rings. The van der Waals surface area contributed by atoms with Crippen LogP contribution < -0.4 is 5.32 Å². The lowest BCUT2D eigenvalue weighted by atomic mass is 10.0. The second-order valence-corrected chi connectivity index (χ2v) is 12.6. The molecule has 0 spiro atoms. The minimum atomic E-state index is -0.712. The highest BCUT2D eigenvalue weighted by atomic mass is 16.5. The van der Waals surface area contributed by atoms with Crippen LogP contribution >= 0.6 is 0 Å². The second-order valence-electron chi connectivity index (χ2n) is 12.6. The summed E-state index contributed by atoms with van der Waals surface area (Å²) in [4.78, 5) is 24.8. The van der Waals surface area contributed by atoms with Crippen molar-refractivity contribution in [2.75, 3.05) is 14.2 Å². The van der Waals surface area contributed by atoms with Gasteiger partial charge >= 0.3 is 5.97 Å². The molecule has 0 aliphatic heterocycles. The first-order valence-electron chi connectivity index (χ1n) is 18.2. The number of carbonyl (C=O) groups is 2. The molecule has 1 amide bonds. The molecule has 252 valence electrons. The van der Waals surface area contributed by atoms with Crippen molar-refractivity contribution in [3.63, 3.8) is 0 Å². The van der Waals surface area contributed by atoms with Crippen LogP contribution in [-0.4, -0.2) is 38.2 Å². The first kappa shape index (κ1) is 39.9. The number of allylic oxidation sites excluding steroid dienone is 1. The van der Waals surface area contributed by atoms with E-state index in [-0.39, 0.29) is 18.4 Å². The van der Waals surface area contributed by atoms with Crippen molar-refractivity contribution in [2.24, 2.45) is 0 Å². The quantitative estimate of drug-likeness (QED) is 0.0532.